The Morgan fingerprint density at radius 3 is 2.50 bits per heavy atom. The molecule has 1 aromatic carbocycles. The molecule has 2 aromatic rings. The van der Waals surface area contributed by atoms with Gasteiger partial charge in [-0.25, -0.2) is 0 Å². The lowest BCUT2D eigenvalue weighted by molar-refractivity contribution is 0.112. The summed E-state index contributed by atoms with van der Waals surface area (Å²) in [5.74, 6) is 0.826. The summed E-state index contributed by atoms with van der Waals surface area (Å²) >= 11 is 4.92. The van der Waals surface area contributed by atoms with Crippen molar-refractivity contribution in [1.82, 2.24) is 0 Å². The first kappa shape index (κ1) is 11.4. The predicted molar refractivity (Wildman–Crippen MR) is 69.4 cm³/mol. The number of hydrogen-bond acceptors (Lipinski definition) is 3. The van der Waals surface area contributed by atoms with Crippen molar-refractivity contribution in [3.63, 3.8) is 0 Å². The highest BCUT2D eigenvalue weighted by Crippen LogP contribution is 2.36. The van der Waals surface area contributed by atoms with E-state index in [1.54, 1.807) is 7.11 Å². The predicted octanol–water partition coefficient (Wildman–Crippen LogP) is 4.00. The lowest BCUT2D eigenvalue weighted by Crippen LogP contribution is -1.81. The molecule has 16 heavy (non-hydrogen) atoms. The lowest BCUT2D eigenvalue weighted by Gasteiger charge is -2.01. The fourth-order valence-corrected chi connectivity index (χ4v) is 3.12. The third kappa shape index (κ3) is 2.18. The van der Waals surface area contributed by atoms with Crippen LogP contribution in [0.5, 0.6) is 5.75 Å². The second kappa shape index (κ2) is 4.80. The number of aldehydes is 1. The second-order valence-corrected chi connectivity index (χ2v) is 5.11. The summed E-state index contributed by atoms with van der Waals surface area (Å²) in [4.78, 5) is 12.5. The van der Waals surface area contributed by atoms with Gasteiger partial charge in [0.2, 0.25) is 0 Å². The van der Waals surface area contributed by atoms with Crippen LogP contribution in [0.4, 0.5) is 0 Å². The molecule has 0 fully saturated rings. The molecule has 0 saturated heterocycles. The molecule has 0 aliphatic rings. The fourth-order valence-electron chi connectivity index (χ4n) is 1.38. The lowest BCUT2D eigenvalue weighted by atomic mass is 10.2. The minimum atomic E-state index is 0.720. The van der Waals surface area contributed by atoms with Gasteiger partial charge in [0.1, 0.15) is 5.75 Å². The Bertz CT molecular complexity index is 502. The van der Waals surface area contributed by atoms with Gasteiger partial charge in [-0.05, 0) is 51.8 Å². The van der Waals surface area contributed by atoms with Crippen LogP contribution >= 0.6 is 27.3 Å². The maximum atomic E-state index is 10.7. The van der Waals surface area contributed by atoms with E-state index < -0.39 is 0 Å². The summed E-state index contributed by atoms with van der Waals surface area (Å²) in [6, 6.07) is 9.59. The highest BCUT2D eigenvalue weighted by Gasteiger charge is 2.08. The van der Waals surface area contributed by atoms with Gasteiger partial charge in [0.25, 0.3) is 0 Å². The SMILES string of the molecule is COc1ccc(-c2sc(C=O)cc2Br)cc1. The van der Waals surface area contributed by atoms with Crippen molar-refractivity contribution < 1.29 is 9.53 Å². The van der Waals surface area contributed by atoms with E-state index >= 15 is 0 Å². The Labute approximate surface area is 106 Å². The molecule has 1 aromatic heterocycles. The first-order chi connectivity index (χ1) is 7.74. The molecule has 0 atom stereocenters. The number of carbonyl (C=O) groups is 1. The van der Waals surface area contributed by atoms with Gasteiger partial charge in [-0.1, -0.05) is 0 Å². The first-order valence-electron chi connectivity index (χ1n) is 4.63. The summed E-state index contributed by atoms with van der Waals surface area (Å²) in [6.45, 7) is 0. The molecular weight excluding hydrogens is 288 g/mol. The minimum absolute atomic E-state index is 0.720. The van der Waals surface area contributed by atoms with E-state index in [2.05, 4.69) is 15.9 Å². The summed E-state index contributed by atoms with van der Waals surface area (Å²) < 4.78 is 6.05. The van der Waals surface area contributed by atoms with Gasteiger partial charge < -0.3 is 4.74 Å². The molecule has 0 spiro atoms. The van der Waals surface area contributed by atoms with Crippen molar-refractivity contribution in [2.45, 2.75) is 0 Å². The van der Waals surface area contributed by atoms with Crippen LogP contribution in [0.15, 0.2) is 34.8 Å². The van der Waals surface area contributed by atoms with Crippen LogP contribution in [0.25, 0.3) is 10.4 Å². The van der Waals surface area contributed by atoms with Gasteiger partial charge in [-0.15, -0.1) is 11.3 Å². The summed E-state index contributed by atoms with van der Waals surface area (Å²) in [6.07, 6.45) is 0.864. The minimum Gasteiger partial charge on any atom is -0.497 e. The van der Waals surface area contributed by atoms with Gasteiger partial charge in [-0.3, -0.25) is 4.79 Å². The van der Waals surface area contributed by atoms with Crippen LogP contribution in [0, 0.1) is 0 Å². The average molecular weight is 297 g/mol. The van der Waals surface area contributed by atoms with Crippen LogP contribution in [0.3, 0.4) is 0 Å². The highest BCUT2D eigenvalue weighted by atomic mass is 79.9. The normalized spacial score (nSPS) is 10.1. The molecule has 1 heterocycles. The van der Waals surface area contributed by atoms with Gasteiger partial charge in [0.15, 0.2) is 6.29 Å². The summed E-state index contributed by atoms with van der Waals surface area (Å²) in [7, 11) is 1.64. The van der Waals surface area contributed by atoms with Crippen molar-refractivity contribution in [3.05, 3.63) is 39.7 Å². The Morgan fingerprint density at radius 2 is 2.00 bits per heavy atom. The van der Waals surface area contributed by atoms with E-state index in [-0.39, 0.29) is 0 Å². The van der Waals surface area contributed by atoms with E-state index in [0.29, 0.717) is 0 Å². The molecule has 0 radical (unpaired) electrons. The van der Waals surface area contributed by atoms with Crippen LogP contribution in [-0.2, 0) is 0 Å². The Morgan fingerprint density at radius 1 is 1.31 bits per heavy atom. The Balaban J connectivity index is 2.41. The monoisotopic (exact) mass is 296 g/mol. The van der Waals surface area contributed by atoms with Crippen molar-refractivity contribution in [2.24, 2.45) is 0 Å². The Hall–Kier alpha value is -1.13. The number of rotatable bonds is 3. The molecule has 4 heteroatoms. The second-order valence-electron chi connectivity index (χ2n) is 3.17. The van der Waals surface area contributed by atoms with Gasteiger partial charge in [0.05, 0.1) is 12.0 Å². The largest absolute Gasteiger partial charge is 0.497 e. The number of methoxy groups -OCH3 is 1. The van der Waals surface area contributed by atoms with Crippen LogP contribution < -0.4 is 4.74 Å². The number of benzene rings is 1. The molecule has 0 aliphatic heterocycles. The van der Waals surface area contributed by atoms with E-state index in [1.807, 2.05) is 30.3 Å². The van der Waals surface area contributed by atoms with Gasteiger partial charge >= 0.3 is 0 Å². The Kier molecular flexibility index (Phi) is 3.41. The smallest absolute Gasteiger partial charge is 0.160 e. The zero-order chi connectivity index (χ0) is 11.5. The quantitative estimate of drug-likeness (QED) is 0.800. The number of halogens is 1. The van der Waals surface area contributed by atoms with Gasteiger partial charge in [0, 0.05) is 9.35 Å². The van der Waals surface area contributed by atoms with E-state index in [9.17, 15) is 4.79 Å². The first-order valence-corrected chi connectivity index (χ1v) is 6.24. The number of carbonyl (C=O) groups excluding carboxylic acids is 1. The number of ether oxygens (including phenoxy) is 1. The topological polar surface area (TPSA) is 26.3 Å². The van der Waals surface area contributed by atoms with E-state index in [0.717, 1.165) is 31.8 Å². The molecule has 0 bridgehead atoms. The summed E-state index contributed by atoms with van der Waals surface area (Å²) in [5, 5.41) is 0. The van der Waals surface area contributed by atoms with Crippen molar-refractivity contribution in [3.8, 4) is 16.2 Å². The standard InChI is InChI=1S/C12H9BrO2S/c1-15-9-4-2-8(3-5-9)12-11(13)6-10(7-14)16-12/h2-7H,1H3. The highest BCUT2D eigenvalue weighted by molar-refractivity contribution is 9.10. The number of thiophene rings is 1. The molecule has 2 rings (SSSR count). The van der Waals surface area contributed by atoms with Crippen LogP contribution in [0.1, 0.15) is 9.67 Å². The van der Waals surface area contributed by atoms with Gasteiger partial charge in [-0.2, -0.15) is 0 Å². The molecule has 0 amide bonds. The maximum Gasteiger partial charge on any atom is 0.160 e. The van der Waals surface area contributed by atoms with Crippen molar-refractivity contribution >= 4 is 33.6 Å². The average Bonchev–Trinajstić information content (AvgIpc) is 2.71. The van der Waals surface area contributed by atoms with E-state index in [1.165, 1.54) is 11.3 Å². The van der Waals surface area contributed by atoms with E-state index in [4.69, 9.17) is 4.74 Å². The van der Waals surface area contributed by atoms with Crippen LogP contribution in [-0.4, -0.2) is 13.4 Å². The van der Waals surface area contributed by atoms with Crippen molar-refractivity contribution in [1.29, 1.82) is 0 Å². The molecular formula is C12H9BrO2S. The van der Waals surface area contributed by atoms with Crippen LogP contribution in [0.2, 0.25) is 0 Å². The molecule has 0 unspecified atom stereocenters. The summed E-state index contributed by atoms with van der Waals surface area (Å²) in [5.41, 5.74) is 1.07. The molecule has 0 N–H and O–H groups in total. The molecule has 0 saturated carbocycles. The number of hydrogen-bond donors (Lipinski definition) is 0. The maximum absolute atomic E-state index is 10.7. The third-order valence-electron chi connectivity index (χ3n) is 2.17. The molecule has 82 valence electrons. The van der Waals surface area contributed by atoms with Crippen molar-refractivity contribution in [2.75, 3.05) is 7.11 Å². The zero-order valence-corrected chi connectivity index (χ0v) is 11.0. The molecule has 0 aliphatic carbocycles. The zero-order valence-electron chi connectivity index (χ0n) is 8.57. The fraction of sp³-hybridized carbons (Fsp3) is 0.0833. The third-order valence-corrected chi connectivity index (χ3v) is 4.17. The molecule has 2 nitrogen and oxygen atoms in total.